The van der Waals surface area contributed by atoms with Crippen LogP contribution in [-0.4, -0.2) is 11.6 Å². The molecule has 1 aliphatic heterocycles. The molecule has 1 aromatic heterocycles. The summed E-state index contributed by atoms with van der Waals surface area (Å²) in [7, 11) is 0. The zero-order valence-corrected chi connectivity index (χ0v) is 7.16. The van der Waals surface area contributed by atoms with Gasteiger partial charge in [-0.3, -0.25) is 0 Å². The topological polar surface area (TPSA) is 22.1 Å². The van der Waals surface area contributed by atoms with Gasteiger partial charge in [-0.25, -0.2) is 4.98 Å². The molecule has 0 spiro atoms. The van der Waals surface area contributed by atoms with Crippen LogP contribution in [0.3, 0.4) is 0 Å². The number of fused-ring (bicyclic) bond motifs is 3. The van der Waals surface area contributed by atoms with Gasteiger partial charge in [0.2, 0.25) is 5.88 Å². The first-order valence-corrected chi connectivity index (χ1v) is 4.44. The fourth-order valence-electron chi connectivity index (χ4n) is 1.82. The maximum atomic E-state index is 5.40. The molecule has 2 nitrogen and oxygen atoms in total. The SMILES string of the molecule is c1ccc2c3c(ncc2c1)OCC3. The highest BCUT2D eigenvalue weighted by atomic mass is 16.5. The Morgan fingerprint density at radius 3 is 3.15 bits per heavy atom. The highest BCUT2D eigenvalue weighted by Crippen LogP contribution is 2.29. The molecule has 0 fully saturated rings. The van der Waals surface area contributed by atoms with Gasteiger partial charge in [-0.1, -0.05) is 24.3 Å². The Labute approximate surface area is 76.2 Å². The Balaban J connectivity index is 2.43. The first-order chi connectivity index (χ1) is 6.45. The second kappa shape index (κ2) is 2.46. The monoisotopic (exact) mass is 171 g/mol. The number of hydrogen-bond donors (Lipinski definition) is 0. The van der Waals surface area contributed by atoms with E-state index in [-0.39, 0.29) is 0 Å². The lowest BCUT2D eigenvalue weighted by Crippen LogP contribution is -1.87. The number of pyridine rings is 1. The Morgan fingerprint density at radius 2 is 2.15 bits per heavy atom. The van der Waals surface area contributed by atoms with Crippen LogP contribution in [0.4, 0.5) is 0 Å². The van der Waals surface area contributed by atoms with E-state index in [4.69, 9.17) is 4.74 Å². The van der Waals surface area contributed by atoms with Gasteiger partial charge >= 0.3 is 0 Å². The maximum Gasteiger partial charge on any atom is 0.217 e. The summed E-state index contributed by atoms with van der Waals surface area (Å²) in [4.78, 5) is 4.27. The Morgan fingerprint density at radius 1 is 1.23 bits per heavy atom. The predicted octanol–water partition coefficient (Wildman–Crippen LogP) is 2.17. The normalized spacial score (nSPS) is 14.2. The molecule has 1 aliphatic rings. The summed E-state index contributed by atoms with van der Waals surface area (Å²) in [5.41, 5.74) is 1.26. The van der Waals surface area contributed by atoms with Crippen LogP contribution in [0, 0.1) is 0 Å². The van der Waals surface area contributed by atoms with Crippen LogP contribution in [0.1, 0.15) is 5.56 Å². The number of ether oxygens (including phenoxy) is 1. The minimum Gasteiger partial charge on any atom is -0.477 e. The van der Waals surface area contributed by atoms with Gasteiger partial charge in [0.1, 0.15) is 0 Å². The lowest BCUT2D eigenvalue weighted by molar-refractivity contribution is 0.345. The Kier molecular flexibility index (Phi) is 1.30. The summed E-state index contributed by atoms with van der Waals surface area (Å²) in [5.74, 6) is 0.818. The van der Waals surface area contributed by atoms with Crippen LogP contribution in [0.25, 0.3) is 10.8 Å². The number of nitrogens with zero attached hydrogens (tertiary/aromatic N) is 1. The third-order valence-electron chi connectivity index (χ3n) is 2.46. The average Bonchev–Trinajstić information content (AvgIpc) is 2.65. The Hall–Kier alpha value is -1.57. The minimum atomic E-state index is 0.774. The van der Waals surface area contributed by atoms with Crippen LogP contribution >= 0.6 is 0 Å². The highest BCUT2D eigenvalue weighted by Gasteiger charge is 2.15. The van der Waals surface area contributed by atoms with Gasteiger partial charge in [-0.2, -0.15) is 0 Å². The molecular weight excluding hydrogens is 162 g/mol. The molecule has 64 valence electrons. The molecule has 2 aromatic rings. The van der Waals surface area contributed by atoms with Crippen molar-refractivity contribution in [3.63, 3.8) is 0 Å². The van der Waals surface area contributed by atoms with E-state index in [0.29, 0.717) is 0 Å². The molecular formula is C11H9NO. The quantitative estimate of drug-likeness (QED) is 0.606. The van der Waals surface area contributed by atoms with Crippen molar-refractivity contribution in [3.05, 3.63) is 36.0 Å². The molecule has 0 N–H and O–H groups in total. The van der Waals surface area contributed by atoms with Gasteiger partial charge in [-0.15, -0.1) is 0 Å². The molecule has 1 aromatic carbocycles. The van der Waals surface area contributed by atoms with Crippen molar-refractivity contribution < 1.29 is 4.74 Å². The van der Waals surface area contributed by atoms with Crippen LogP contribution in [0.5, 0.6) is 5.88 Å². The van der Waals surface area contributed by atoms with Crippen molar-refractivity contribution >= 4 is 10.8 Å². The van der Waals surface area contributed by atoms with Crippen LogP contribution < -0.4 is 4.74 Å². The molecule has 0 bridgehead atoms. The van der Waals surface area contributed by atoms with Gasteiger partial charge in [0.25, 0.3) is 0 Å². The summed E-state index contributed by atoms with van der Waals surface area (Å²) >= 11 is 0. The first kappa shape index (κ1) is 6.89. The van der Waals surface area contributed by atoms with Crippen molar-refractivity contribution in [2.75, 3.05) is 6.61 Å². The standard InChI is InChI=1S/C11H9NO/c1-2-4-9-8(3-1)7-12-11-10(9)5-6-13-11/h1-4,7H,5-6H2. The van der Waals surface area contributed by atoms with Crippen LogP contribution in [-0.2, 0) is 6.42 Å². The summed E-state index contributed by atoms with van der Waals surface area (Å²) < 4.78 is 5.40. The number of hydrogen-bond acceptors (Lipinski definition) is 2. The lowest BCUT2D eigenvalue weighted by atomic mass is 10.1. The second-order valence-corrected chi connectivity index (χ2v) is 3.23. The van der Waals surface area contributed by atoms with Crippen LogP contribution in [0.2, 0.25) is 0 Å². The summed E-state index contributed by atoms with van der Waals surface area (Å²) in [5, 5.41) is 2.48. The van der Waals surface area contributed by atoms with Gasteiger partial charge in [0.15, 0.2) is 0 Å². The van der Waals surface area contributed by atoms with E-state index in [1.807, 2.05) is 12.3 Å². The fourth-order valence-corrected chi connectivity index (χ4v) is 1.82. The predicted molar refractivity (Wildman–Crippen MR) is 50.9 cm³/mol. The second-order valence-electron chi connectivity index (χ2n) is 3.23. The number of benzene rings is 1. The highest BCUT2D eigenvalue weighted by molar-refractivity contribution is 5.86. The van der Waals surface area contributed by atoms with Crippen molar-refractivity contribution in [1.29, 1.82) is 0 Å². The lowest BCUT2D eigenvalue weighted by Gasteiger charge is -2.01. The fraction of sp³-hybridized carbons (Fsp3) is 0.182. The zero-order valence-electron chi connectivity index (χ0n) is 7.16. The molecule has 0 radical (unpaired) electrons. The van der Waals surface area contributed by atoms with E-state index in [9.17, 15) is 0 Å². The van der Waals surface area contributed by atoms with Crippen molar-refractivity contribution in [1.82, 2.24) is 4.98 Å². The first-order valence-electron chi connectivity index (χ1n) is 4.44. The summed E-state index contributed by atoms with van der Waals surface area (Å²) in [6.07, 6.45) is 2.86. The summed E-state index contributed by atoms with van der Waals surface area (Å²) in [6, 6.07) is 8.30. The largest absolute Gasteiger partial charge is 0.477 e. The molecule has 3 rings (SSSR count). The molecule has 2 heteroatoms. The van der Waals surface area contributed by atoms with Crippen molar-refractivity contribution in [3.8, 4) is 5.88 Å². The van der Waals surface area contributed by atoms with Gasteiger partial charge < -0.3 is 4.74 Å². The summed E-state index contributed by atoms with van der Waals surface area (Å²) in [6.45, 7) is 0.774. The van der Waals surface area contributed by atoms with E-state index in [0.717, 1.165) is 18.9 Å². The molecule has 0 unspecified atom stereocenters. The molecule has 0 aliphatic carbocycles. The zero-order chi connectivity index (χ0) is 8.67. The average molecular weight is 171 g/mol. The number of rotatable bonds is 0. The molecule has 0 amide bonds. The molecule has 2 heterocycles. The number of aromatic nitrogens is 1. The smallest absolute Gasteiger partial charge is 0.217 e. The van der Waals surface area contributed by atoms with Crippen molar-refractivity contribution in [2.24, 2.45) is 0 Å². The maximum absolute atomic E-state index is 5.40. The van der Waals surface area contributed by atoms with Gasteiger partial charge in [0, 0.05) is 23.6 Å². The van der Waals surface area contributed by atoms with E-state index < -0.39 is 0 Å². The molecule has 0 atom stereocenters. The van der Waals surface area contributed by atoms with E-state index in [1.165, 1.54) is 16.3 Å². The minimum absolute atomic E-state index is 0.774. The van der Waals surface area contributed by atoms with Crippen molar-refractivity contribution in [2.45, 2.75) is 6.42 Å². The third kappa shape index (κ3) is 0.917. The Bertz CT molecular complexity index is 465. The molecule has 0 saturated heterocycles. The van der Waals surface area contributed by atoms with E-state index in [1.54, 1.807) is 0 Å². The van der Waals surface area contributed by atoms with Crippen LogP contribution in [0.15, 0.2) is 30.5 Å². The van der Waals surface area contributed by atoms with Gasteiger partial charge in [-0.05, 0) is 5.39 Å². The molecule has 0 saturated carbocycles. The third-order valence-corrected chi connectivity index (χ3v) is 2.46. The molecule has 13 heavy (non-hydrogen) atoms. The van der Waals surface area contributed by atoms with E-state index in [2.05, 4.69) is 23.2 Å². The van der Waals surface area contributed by atoms with E-state index >= 15 is 0 Å². The van der Waals surface area contributed by atoms with Gasteiger partial charge in [0.05, 0.1) is 6.61 Å².